The molecular formula is C25H35N3O3S. The van der Waals surface area contributed by atoms with Crippen LogP contribution in [0.3, 0.4) is 0 Å². The maximum atomic E-state index is 12.7. The first-order valence-electron chi connectivity index (χ1n) is 11.5. The molecular weight excluding hydrogens is 422 g/mol. The van der Waals surface area contributed by atoms with Crippen LogP contribution in [-0.2, 0) is 10.0 Å². The topological polar surface area (TPSA) is 69.7 Å². The molecule has 3 rings (SSSR count). The van der Waals surface area contributed by atoms with E-state index in [2.05, 4.69) is 41.4 Å². The number of nitrogens with one attached hydrogen (secondary N) is 1. The number of carbonyl (C=O) groups excluding carboxylic acids is 1. The normalized spacial score (nSPS) is 15.9. The van der Waals surface area contributed by atoms with E-state index in [0.29, 0.717) is 25.2 Å². The van der Waals surface area contributed by atoms with Gasteiger partial charge < -0.3 is 5.32 Å². The van der Waals surface area contributed by atoms with Crippen molar-refractivity contribution in [3.63, 3.8) is 0 Å². The summed E-state index contributed by atoms with van der Waals surface area (Å²) in [6, 6.07) is 15.1. The Labute approximate surface area is 192 Å². The molecule has 174 valence electrons. The Bertz CT molecular complexity index is 978. The zero-order valence-electron chi connectivity index (χ0n) is 19.4. The summed E-state index contributed by atoms with van der Waals surface area (Å²) in [6.45, 7) is 9.64. The van der Waals surface area contributed by atoms with Crippen molar-refractivity contribution < 1.29 is 13.2 Å². The molecule has 6 nitrogen and oxygen atoms in total. The number of sulfonamides is 1. The number of benzene rings is 2. The van der Waals surface area contributed by atoms with Gasteiger partial charge in [0.05, 0.1) is 11.4 Å². The van der Waals surface area contributed by atoms with Gasteiger partial charge in [-0.1, -0.05) is 55.8 Å². The first-order valence-corrected chi connectivity index (χ1v) is 13.0. The first-order chi connectivity index (χ1) is 15.4. The van der Waals surface area contributed by atoms with E-state index < -0.39 is 10.0 Å². The van der Waals surface area contributed by atoms with Gasteiger partial charge in [-0.25, -0.2) is 8.42 Å². The van der Waals surface area contributed by atoms with Gasteiger partial charge in [0.15, 0.2) is 5.78 Å². The smallest absolute Gasteiger partial charge is 0.243 e. The Balaban J connectivity index is 1.62. The molecule has 2 aromatic carbocycles. The van der Waals surface area contributed by atoms with Crippen molar-refractivity contribution in [1.29, 1.82) is 0 Å². The van der Waals surface area contributed by atoms with Gasteiger partial charge >= 0.3 is 0 Å². The molecule has 1 unspecified atom stereocenters. The number of hydrogen-bond donors (Lipinski definition) is 1. The van der Waals surface area contributed by atoms with Crippen molar-refractivity contribution in [2.75, 3.05) is 39.3 Å². The summed E-state index contributed by atoms with van der Waals surface area (Å²) in [4.78, 5) is 15.4. The minimum atomic E-state index is -3.51. The number of likely N-dealkylation sites (tertiary alicyclic amines) is 1. The van der Waals surface area contributed by atoms with Crippen LogP contribution in [0.2, 0.25) is 0 Å². The van der Waals surface area contributed by atoms with E-state index in [0.717, 1.165) is 13.1 Å². The lowest BCUT2D eigenvalue weighted by Gasteiger charge is -2.28. The maximum absolute atomic E-state index is 12.7. The Morgan fingerprint density at radius 1 is 1.00 bits per heavy atom. The molecule has 0 saturated carbocycles. The Morgan fingerprint density at radius 2 is 1.59 bits per heavy atom. The summed E-state index contributed by atoms with van der Waals surface area (Å²) in [5.74, 6) is -0.0409. The summed E-state index contributed by atoms with van der Waals surface area (Å²) in [7, 11) is -3.51. The summed E-state index contributed by atoms with van der Waals surface area (Å²) in [5.41, 5.74) is 3.02. The van der Waals surface area contributed by atoms with Crippen LogP contribution in [0.25, 0.3) is 0 Å². The van der Waals surface area contributed by atoms with Gasteiger partial charge in [0, 0.05) is 31.2 Å². The number of carbonyl (C=O) groups is 1. The third-order valence-corrected chi connectivity index (χ3v) is 8.25. The van der Waals surface area contributed by atoms with Gasteiger partial charge in [0.25, 0.3) is 0 Å². The number of rotatable bonds is 11. The second-order valence-corrected chi connectivity index (χ2v) is 10.3. The van der Waals surface area contributed by atoms with Crippen LogP contribution < -0.4 is 5.32 Å². The lowest BCUT2D eigenvalue weighted by molar-refractivity contribution is 0.0987. The third kappa shape index (κ3) is 5.84. The van der Waals surface area contributed by atoms with Crippen LogP contribution in [0.1, 0.15) is 54.2 Å². The van der Waals surface area contributed by atoms with Gasteiger partial charge in [-0.3, -0.25) is 9.69 Å². The zero-order chi connectivity index (χ0) is 23.1. The molecule has 32 heavy (non-hydrogen) atoms. The van der Waals surface area contributed by atoms with E-state index in [-0.39, 0.29) is 23.3 Å². The van der Waals surface area contributed by atoms with Crippen LogP contribution >= 0.6 is 0 Å². The van der Waals surface area contributed by atoms with Crippen molar-refractivity contribution in [2.45, 2.75) is 44.6 Å². The Kier molecular flexibility index (Phi) is 8.59. The predicted octanol–water partition coefficient (Wildman–Crippen LogP) is 3.63. The minimum absolute atomic E-state index is 0.0409. The lowest BCUT2D eigenvalue weighted by Crippen LogP contribution is -2.36. The predicted molar refractivity (Wildman–Crippen MR) is 128 cm³/mol. The van der Waals surface area contributed by atoms with Gasteiger partial charge in [0.2, 0.25) is 10.0 Å². The lowest BCUT2D eigenvalue weighted by atomic mass is 10.0. The van der Waals surface area contributed by atoms with Gasteiger partial charge in [-0.05, 0) is 50.6 Å². The SMILES string of the molecule is CCN(CC)S(=O)(=O)c1ccc(C(=O)CNCC(c2ccc(C)cc2)N2CCCC2)cc1. The van der Waals surface area contributed by atoms with Gasteiger partial charge in [-0.15, -0.1) is 0 Å². The molecule has 0 aromatic heterocycles. The summed E-state index contributed by atoms with van der Waals surface area (Å²) >= 11 is 0. The van der Waals surface area contributed by atoms with Crippen LogP contribution in [0, 0.1) is 6.92 Å². The van der Waals surface area contributed by atoms with E-state index >= 15 is 0 Å². The number of hydrogen-bond acceptors (Lipinski definition) is 5. The van der Waals surface area contributed by atoms with Crippen LogP contribution in [0.4, 0.5) is 0 Å². The van der Waals surface area contributed by atoms with Crippen LogP contribution in [0.15, 0.2) is 53.4 Å². The minimum Gasteiger partial charge on any atom is -0.308 e. The van der Waals surface area contributed by atoms with E-state index in [4.69, 9.17) is 0 Å². The van der Waals surface area contributed by atoms with E-state index in [9.17, 15) is 13.2 Å². The van der Waals surface area contributed by atoms with E-state index in [1.54, 1.807) is 12.1 Å². The second kappa shape index (κ2) is 11.2. The zero-order valence-corrected chi connectivity index (χ0v) is 20.2. The molecule has 1 atom stereocenters. The standard InChI is InChI=1S/C25H35N3O3S/c1-4-28(5-2)32(30,31)23-14-12-22(13-15-23)25(29)19-26-18-24(27-16-6-7-17-27)21-10-8-20(3)9-11-21/h8-15,24,26H,4-7,16-19H2,1-3H3. The molecule has 1 heterocycles. The van der Waals surface area contributed by atoms with Crippen molar-refractivity contribution in [1.82, 2.24) is 14.5 Å². The quantitative estimate of drug-likeness (QED) is 0.522. The molecule has 1 aliphatic heterocycles. The molecule has 1 fully saturated rings. The molecule has 1 saturated heterocycles. The Hall–Kier alpha value is -2.06. The fourth-order valence-corrected chi connectivity index (χ4v) is 5.71. The number of ketones is 1. The third-order valence-electron chi connectivity index (χ3n) is 6.19. The molecule has 1 N–H and O–H groups in total. The van der Waals surface area contributed by atoms with Crippen molar-refractivity contribution >= 4 is 15.8 Å². The molecule has 0 radical (unpaired) electrons. The molecule has 2 aromatic rings. The van der Waals surface area contributed by atoms with Crippen LogP contribution in [0.5, 0.6) is 0 Å². The highest BCUT2D eigenvalue weighted by Crippen LogP contribution is 2.25. The van der Waals surface area contributed by atoms with E-state index in [1.165, 1.54) is 40.4 Å². The van der Waals surface area contributed by atoms with Gasteiger partial charge in [-0.2, -0.15) is 4.31 Å². The molecule has 1 aliphatic rings. The average molecular weight is 458 g/mol. The molecule has 0 amide bonds. The average Bonchev–Trinajstić information content (AvgIpc) is 3.33. The molecule has 0 bridgehead atoms. The summed E-state index contributed by atoms with van der Waals surface area (Å²) in [6.07, 6.45) is 2.42. The highest BCUT2D eigenvalue weighted by molar-refractivity contribution is 7.89. The largest absolute Gasteiger partial charge is 0.308 e. The number of nitrogens with zero attached hydrogens (tertiary/aromatic N) is 2. The second-order valence-electron chi connectivity index (χ2n) is 8.34. The fraction of sp³-hybridized carbons (Fsp3) is 0.480. The molecule has 7 heteroatoms. The van der Waals surface area contributed by atoms with Crippen molar-refractivity contribution in [3.8, 4) is 0 Å². The maximum Gasteiger partial charge on any atom is 0.243 e. The highest BCUT2D eigenvalue weighted by atomic mass is 32.2. The summed E-state index contributed by atoms with van der Waals surface area (Å²) < 4.78 is 26.7. The van der Waals surface area contributed by atoms with Gasteiger partial charge in [0.1, 0.15) is 0 Å². The molecule has 0 aliphatic carbocycles. The van der Waals surface area contributed by atoms with E-state index in [1.807, 2.05) is 13.8 Å². The first kappa shape index (κ1) is 24.6. The highest BCUT2D eigenvalue weighted by Gasteiger charge is 2.24. The van der Waals surface area contributed by atoms with Crippen molar-refractivity contribution in [2.24, 2.45) is 0 Å². The number of Topliss-reactive ketones (excluding diaryl/α,β-unsaturated/α-hetero) is 1. The monoisotopic (exact) mass is 457 g/mol. The van der Waals surface area contributed by atoms with Crippen molar-refractivity contribution in [3.05, 3.63) is 65.2 Å². The number of aryl methyl sites for hydroxylation is 1. The summed E-state index contributed by atoms with van der Waals surface area (Å²) in [5, 5.41) is 3.34. The van der Waals surface area contributed by atoms with Crippen LogP contribution in [-0.4, -0.2) is 62.7 Å². The molecule has 0 spiro atoms. The fourth-order valence-electron chi connectivity index (χ4n) is 4.25. The Morgan fingerprint density at radius 3 is 2.16 bits per heavy atom.